The van der Waals surface area contributed by atoms with E-state index in [9.17, 15) is 15.1 Å². The van der Waals surface area contributed by atoms with Crippen molar-refractivity contribution in [3.8, 4) is 0 Å². The molecule has 2 aliphatic heterocycles. The first kappa shape index (κ1) is 20.2. The molecule has 0 aromatic heterocycles. The zero-order valence-electron chi connectivity index (χ0n) is 17.9. The predicted molar refractivity (Wildman–Crippen MR) is 119 cm³/mol. The SMILES string of the molecule is Cc1cccc(NC2=C3CN(N[C@@H]4CCCC[C@@H]4NC(=O)O)C=C3C3(CC3)CN2[O-])c1. The van der Waals surface area contributed by atoms with Crippen molar-refractivity contribution >= 4 is 11.8 Å². The molecule has 1 spiro atoms. The summed E-state index contributed by atoms with van der Waals surface area (Å²) in [6.45, 7) is 3.12. The number of rotatable bonds is 5. The maximum Gasteiger partial charge on any atom is 0.404 e. The number of nitrogens with one attached hydrogen (secondary N) is 3. The van der Waals surface area contributed by atoms with E-state index in [2.05, 4.69) is 27.3 Å². The highest BCUT2D eigenvalue weighted by Crippen LogP contribution is 2.58. The molecule has 0 saturated heterocycles. The van der Waals surface area contributed by atoms with Crippen LogP contribution in [0.4, 0.5) is 10.5 Å². The summed E-state index contributed by atoms with van der Waals surface area (Å²) >= 11 is 0. The molecule has 8 heteroatoms. The van der Waals surface area contributed by atoms with Gasteiger partial charge in [0.2, 0.25) is 0 Å². The van der Waals surface area contributed by atoms with Gasteiger partial charge >= 0.3 is 6.09 Å². The zero-order valence-corrected chi connectivity index (χ0v) is 17.9. The highest BCUT2D eigenvalue weighted by Gasteiger charge is 2.52. The predicted octanol–water partition coefficient (Wildman–Crippen LogP) is 3.50. The van der Waals surface area contributed by atoms with E-state index in [1.54, 1.807) is 0 Å². The van der Waals surface area contributed by atoms with Gasteiger partial charge in [0.15, 0.2) is 0 Å². The van der Waals surface area contributed by atoms with Crippen molar-refractivity contribution < 1.29 is 9.90 Å². The highest BCUT2D eigenvalue weighted by atomic mass is 16.5. The lowest BCUT2D eigenvalue weighted by molar-refractivity contribution is 0.158. The summed E-state index contributed by atoms with van der Waals surface area (Å²) in [6, 6.07) is 8.00. The fourth-order valence-electron chi connectivity index (χ4n) is 5.27. The van der Waals surface area contributed by atoms with Crippen LogP contribution in [0.3, 0.4) is 0 Å². The molecule has 1 amide bonds. The summed E-state index contributed by atoms with van der Waals surface area (Å²) in [5, 5.41) is 31.4. The molecule has 4 aliphatic rings. The van der Waals surface area contributed by atoms with Gasteiger partial charge in [0.25, 0.3) is 0 Å². The van der Waals surface area contributed by atoms with Gasteiger partial charge in [-0.05, 0) is 55.9 Å². The van der Waals surface area contributed by atoms with Crippen LogP contribution in [0.1, 0.15) is 44.1 Å². The summed E-state index contributed by atoms with van der Waals surface area (Å²) < 4.78 is 0. The summed E-state index contributed by atoms with van der Waals surface area (Å²) in [5.74, 6) is 0.627. The van der Waals surface area contributed by atoms with Gasteiger partial charge in [-0.2, -0.15) is 0 Å². The van der Waals surface area contributed by atoms with E-state index in [1.807, 2.05) is 31.2 Å². The molecule has 4 N–H and O–H groups in total. The first-order chi connectivity index (χ1) is 14.9. The van der Waals surface area contributed by atoms with Crippen LogP contribution in [-0.4, -0.2) is 46.4 Å². The second-order valence-corrected chi connectivity index (χ2v) is 9.39. The summed E-state index contributed by atoms with van der Waals surface area (Å²) in [4.78, 5) is 11.2. The maximum atomic E-state index is 13.0. The Labute approximate surface area is 182 Å². The normalized spacial score (nSPS) is 26.6. The van der Waals surface area contributed by atoms with Crippen molar-refractivity contribution in [3.63, 3.8) is 0 Å². The van der Waals surface area contributed by atoms with Gasteiger partial charge < -0.3 is 31.0 Å². The van der Waals surface area contributed by atoms with Gasteiger partial charge in [-0.15, -0.1) is 0 Å². The lowest BCUT2D eigenvalue weighted by atomic mass is 9.88. The van der Waals surface area contributed by atoms with Gasteiger partial charge in [-0.3, -0.25) is 0 Å². The molecule has 2 fully saturated rings. The molecule has 0 bridgehead atoms. The molecular weight excluding hydrogens is 394 g/mol. The minimum Gasteiger partial charge on any atom is -0.757 e. The number of hydroxylamine groups is 2. The average Bonchev–Trinajstić information content (AvgIpc) is 3.35. The minimum absolute atomic E-state index is 0.0312. The van der Waals surface area contributed by atoms with E-state index < -0.39 is 6.09 Å². The monoisotopic (exact) mass is 424 g/mol. The van der Waals surface area contributed by atoms with Gasteiger partial charge in [-0.1, -0.05) is 25.0 Å². The Balaban J connectivity index is 1.39. The Kier molecular flexibility index (Phi) is 5.06. The molecule has 31 heavy (non-hydrogen) atoms. The Morgan fingerprint density at radius 1 is 1.23 bits per heavy atom. The number of anilines is 1. The number of benzene rings is 1. The molecule has 166 valence electrons. The van der Waals surface area contributed by atoms with E-state index in [-0.39, 0.29) is 17.5 Å². The van der Waals surface area contributed by atoms with E-state index >= 15 is 0 Å². The molecule has 8 nitrogen and oxygen atoms in total. The largest absolute Gasteiger partial charge is 0.757 e. The molecule has 2 aliphatic carbocycles. The third-order valence-electron chi connectivity index (χ3n) is 7.03. The number of amides is 1. The molecule has 0 unspecified atom stereocenters. The van der Waals surface area contributed by atoms with Crippen LogP contribution in [0, 0.1) is 17.5 Å². The summed E-state index contributed by atoms with van der Waals surface area (Å²) in [6.07, 6.45) is 7.15. The van der Waals surface area contributed by atoms with Crippen LogP contribution in [0.5, 0.6) is 0 Å². The number of aryl methyl sites for hydroxylation is 1. The Morgan fingerprint density at radius 2 is 2.00 bits per heavy atom. The fourth-order valence-corrected chi connectivity index (χ4v) is 5.27. The van der Waals surface area contributed by atoms with Crippen molar-refractivity contribution in [1.82, 2.24) is 20.8 Å². The molecular formula is C23H30N5O3-. The van der Waals surface area contributed by atoms with Crippen LogP contribution < -0.4 is 16.1 Å². The van der Waals surface area contributed by atoms with Crippen LogP contribution >= 0.6 is 0 Å². The summed E-state index contributed by atoms with van der Waals surface area (Å²) in [5.41, 5.74) is 7.88. The minimum atomic E-state index is -0.974. The van der Waals surface area contributed by atoms with Crippen molar-refractivity contribution in [3.05, 3.63) is 58.2 Å². The number of hydrazine groups is 1. The molecule has 5 rings (SSSR count). The van der Waals surface area contributed by atoms with E-state index in [4.69, 9.17) is 0 Å². The third-order valence-corrected chi connectivity index (χ3v) is 7.03. The van der Waals surface area contributed by atoms with Crippen molar-refractivity contribution in [1.29, 1.82) is 0 Å². The van der Waals surface area contributed by atoms with Crippen LogP contribution in [0.25, 0.3) is 0 Å². The van der Waals surface area contributed by atoms with Crippen molar-refractivity contribution in [2.24, 2.45) is 5.41 Å². The lowest BCUT2D eigenvalue weighted by Crippen LogP contribution is -2.55. The van der Waals surface area contributed by atoms with Crippen LogP contribution in [-0.2, 0) is 0 Å². The number of carboxylic acid groups (broad SMARTS) is 1. The Hall–Kier alpha value is -2.71. The molecule has 2 saturated carbocycles. The van der Waals surface area contributed by atoms with E-state index in [0.717, 1.165) is 60.4 Å². The summed E-state index contributed by atoms with van der Waals surface area (Å²) in [7, 11) is 0. The van der Waals surface area contributed by atoms with E-state index in [0.29, 0.717) is 18.9 Å². The zero-order chi connectivity index (χ0) is 21.6. The fraction of sp³-hybridized carbons (Fsp3) is 0.522. The molecule has 2 atom stereocenters. The van der Waals surface area contributed by atoms with Crippen molar-refractivity contribution in [2.75, 3.05) is 18.4 Å². The third kappa shape index (κ3) is 3.97. The second kappa shape index (κ2) is 7.76. The Bertz CT molecular complexity index is 939. The van der Waals surface area contributed by atoms with Gasteiger partial charge in [0, 0.05) is 41.5 Å². The van der Waals surface area contributed by atoms with Crippen molar-refractivity contribution in [2.45, 2.75) is 57.5 Å². The smallest absolute Gasteiger partial charge is 0.404 e. The second-order valence-electron chi connectivity index (χ2n) is 9.39. The molecule has 1 aromatic carbocycles. The number of hydrogen-bond donors (Lipinski definition) is 4. The average molecular weight is 425 g/mol. The first-order valence-corrected chi connectivity index (χ1v) is 11.2. The van der Waals surface area contributed by atoms with Gasteiger partial charge in [-0.25, -0.2) is 10.2 Å². The number of carbonyl (C=O) groups is 1. The van der Waals surface area contributed by atoms with Gasteiger partial charge in [0.1, 0.15) is 5.82 Å². The molecule has 1 aromatic rings. The lowest BCUT2D eigenvalue weighted by Gasteiger charge is -2.43. The standard InChI is InChI=1S/C23H30N5O3/c1-15-5-4-6-16(11-15)24-21-17-12-27(13-18(17)23(9-10-23)14-28(21)31)26-20-8-3-2-7-19(20)25-22(29)30/h4-6,11,13,19-20,24-26H,2-3,7-10,12,14H2,1H3,(H,29,30)/q-1/t19-,20+/m0/s1. The first-order valence-electron chi connectivity index (χ1n) is 11.2. The Morgan fingerprint density at radius 3 is 2.71 bits per heavy atom. The topological polar surface area (TPSA) is 103 Å². The number of nitrogens with zero attached hydrogens (tertiary/aromatic N) is 2. The van der Waals surface area contributed by atoms with Crippen LogP contribution in [0.15, 0.2) is 47.4 Å². The van der Waals surface area contributed by atoms with Crippen LogP contribution in [0.2, 0.25) is 0 Å². The van der Waals surface area contributed by atoms with E-state index in [1.165, 1.54) is 5.57 Å². The van der Waals surface area contributed by atoms with Gasteiger partial charge in [0.05, 0.1) is 6.54 Å². The highest BCUT2D eigenvalue weighted by molar-refractivity contribution is 5.65. The number of hydrogen-bond acceptors (Lipinski definition) is 6. The molecule has 0 radical (unpaired) electrons. The number of fused-ring (bicyclic) bond motifs is 2. The maximum absolute atomic E-state index is 13.0. The quantitative estimate of drug-likeness (QED) is 0.574. The molecule has 2 heterocycles.